The molecule has 0 amide bonds. The van der Waals surface area contributed by atoms with Crippen LogP contribution in [0.25, 0.3) is 11.2 Å². The van der Waals surface area contributed by atoms with Crippen LogP contribution in [0.15, 0.2) is 12.3 Å². The van der Waals surface area contributed by atoms with Gasteiger partial charge in [0.05, 0.1) is 21.8 Å². The fraction of sp³-hybridized carbons (Fsp3) is 0.500. The Morgan fingerprint density at radius 1 is 1.21 bits per heavy atom. The topological polar surface area (TPSA) is 92.8 Å². The summed E-state index contributed by atoms with van der Waals surface area (Å²) in [5.41, 5.74) is 1.44. The molecule has 3 aromatic heterocycles. The Bertz CT molecular complexity index is 1030. The number of hydrogen-bond acceptors (Lipinski definition) is 7. The Labute approximate surface area is 172 Å². The number of anilines is 1. The first-order valence-corrected chi connectivity index (χ1v) is 9.83. The van der Waals surface area contributed by atoms with Gasteiger partial charge >= 0.3 is 0 Å². The van der Waals surface area contributed by atoms with Crippen molar-refractivity contribution >= 4 is 40.2 Å². The third kappa shape index (κ3) is 3.64. The van der Waals surface area contributed by atoms with E-state index >= 15 is 0 Å². The van der Waals surface area contributed by atoms with Crippen molar-refractivity contribution in [3.05, 3.63) is 33.8 Å². The average Bonchev–Trinajstić information content (AvgIpc) is 3.23. The number of aliphatic hydroxyl groups is 1. The molecule has 1 unspecified atom stereocenters. The molecule has 0 spiro atoms. The highest BCUT2D eigenvalue weighted by Gasteiger charge is 2.28. The number of halogens is 2. The number of pyridine rings is 1. The Morgan fingerprint density at radius 3 is 2.68 bits per heavy atom. The maximum absolute atomic E-state index is 9.96. The molecule has 0 aliphatic carbocycles. The van der Waals surface area contributed by atoms with Gasteiger partial charge in [-0.25, -0.2) is 9.97 Å². The third-order valence-corrected chi connectivity index (χ3v) is 5.45. The molecule has 1 saturated heterocycles. The monoisotopic (exact) mass is 421 g/mol. The van der Waals surface area contributed by atoms with Crippen molar-refractivity contribution in [1.82, 2.24) is 29.9 Å². The number of rotatable bonds is 3. The molecule has 4 rings (SSSR count). The van der Waals surface area contributed by atoms with Crippen LogP contribution in [0.5, 0.6) is 0 Å². The van der Waals surface area contributed by atoms with Crippen LogP contribution >= 0.6 is 23.2 Å². The molecule has 1 aliphatic heterocycles. The number of aromatic nitrogens is 6. The van der Waals surface area contributed by atoms with E-state index in [2.05, 4.69) is 40.9 Å². The molecule has 1 N–H and O–H groups in total. The average molecular weight is 422 g/mol. The summed E-state index contributed by atoms with van der Waals surface area (Å²) in [6, 6.07) is 1.64. The van der Waals surface area contributed by atoms with Crippen LogP contribution in [-0.2, 0) is 12.0 Å². The predicted molar refractivity (Wildman–Crippen MR) is 108 cm³/mol. The van der Waals surface area contributed by atoms with Gasteiger partial charge in [-0.3, -0.25) is 4.98 Å². The van der Waals surface area contributed by atoms with Gasteiger partial charge in [0, 0.05) is 24.7 Å². The highest BCUT2D eigenvalue weighted by Crippen LogP contribution is 2.29. The van der Waals surface area contributed by atoms with Crippen molar-refractivity contribution in [2.75, 3.05) is 18.0 Å². The first kappa shape index (κ1) is 19.3. The van der Waals surface area contributed by atoms with E-state index in [0.29, 0.717) is 58.1 Å². The van der Waals surface area contributed by atoms with Crippen molar-refractivity contribution in [2.24, 2.45) is 0 Å². The van der Waals surface area contributed by atoms with E-state index in [0.717, 1.165) is 0 Å². The van der Waals surface area contributed by atoms with E-state index < -0.39 is 0 Å². The van der Waals surface area contributed by atoms with Crippen molar-refractivity contribution < 1.29 is 5.11 Å². The molecule has 8 nitrogen and oxygen atoms in total. The van der Waals surface area contributed by atoms with Gasteiger partial charge in [0.15, 0.2) is 11.3 Å². The minimum absolute atomic E-state index is 0.247. The molecule has 0 bridgehead atoms. The molecule has 3 aromatic rings. The summed E-state index contributed by atoms with van der Waals surface area (Å²) in [5.74, 6) is 1.38. The van der Waals surface area contributed by atoms with E-state index in [1.165, 1.54) is 4.80 Å². The zero-order valence-corrected chi connectivity index (χ0v) is 17.4. The van der Waals surface area contributed by atoms with Crippen molar-refractivity contribution in [1.29, 1.82) is 0 Å². The lowest BCUT2D eigenvalue weighted by Gasteiger charge is -2.21. The molecule has 0 saturated carbocycles. The van der Waals surface area contributed by atoms with Gasteiger partial charge in [0.2, 0.25) is 5.65 Å². The number of nitrogens with zero attached hydrogens (tertiary/aromatic N) is 7. The maximum Gasteiger partial charge on any atom is 0.207 e. The minimum Gasteiger partial charge on any atom is -0.391 e. The van der Waals surface area contributed by atoms with Gasteiger partial charge in [-0.2, -0.15) is 4.80 Å². The maximum atomic E-state index is 9.96. The summed E-state index contributed by atoms with van der Waals surface area (Å²) in [6.07, 6.45) is 1.93. The Morgan fingerprint density at radius 2 is 2.00 bits per heavy atom. The molecule has 1 fully saturated rings. The standard InChI is InChI=1S/C18H21Cl2N7O/c1-18(2,3)17-22-15-14(16(23-17)26-7-5-10(28)8-26)24-27(25-15)9-12-13(20)11(19)4-6-21-12/h4,6,10,28H,5,7-9H2,1-3H3. The first-order valence-electron chi connectivity index (χ1n) is 9.07. The van der Waals surface area contributed by atoms with E-state index in [9.17, 15) is 5.11 Å². The van der Waals surface area contributed by atoms with E-state index in [-0.39, 0.29) is 18.1 Å². The third-order valence-electron chi connectivity index (χ3n) is 4.61. The SMILES string of the molecule is CC(C)(C)c1nc(N2CCC(O)C2)c2nn(Cc3nccc(Cl)c3Cl)nc2n1. The van der Waals surface area contributed by atoms with Crippen LogP contribution < -0.4 is 4.90 Å². The molecule has 10 heteroatoms. The van der Waals surface area contributed by atoms with Crippen LogP contribution in [0.4, 0.5) is 5.82 Å². The molecular formula is C18H21Cl2N7O. The summed E-state index contributed by atoms with van der Waals surface area (Å²) in [5, 5.41) is 19.9. The van der Waals surface area contributed by atoms with Crippen molar-refractivity contribution in [3.63, 3.8) is 0 Å². The summed E-state index contributed by atoms with van der Waals surface area (Å²) >= 11 is 12.3. The lowest BCUT2D eigenvalue weighted by atomic mass is 9.96. The van der Waals surface area contributed by atoms with Crippen LogP contribution in [0.1, 0.15) is 38.7 Å². The van der Waals surface area contributed by atoms with Crippen LogP contribution in [-0.4, -0.2) is 54.2 Å². The number of β-amino-alcohol motifs (C(OH)–C–C–N with tert-alkyl or cyclic N) is 1. The van der Waals surface area contributed by atoms with E-state index in [4.69, 9.17) is 28.2 Å². The lowest BCUT2D eigenvalue weighted by Crippen LogP contribution is -2.25. The van der Waals surface area contributed by atoms with Gasteiger partial charge in [0.25, 0.3) is 0 Å². The second-order valence-electron chi connectivity index (χ2n) is 7.97. The largest absolute Gasteiger partial charge is 0.391 e. The molecular weight excluding hydrogens is 401 g/mol. The zero-order chi connectivity index (χ0) is 20.1. The number of fused-ring (bicyclic) bond motifs is 1. The number of hydrogen-bond donors (Lipinski definition) is 1. The van der Waals surface area contributed by atoms with Crippen molar-refractivity contribution in [3.8, 4) is 0 Å². The van der Waals surface area contributed by atoms with Crippen molar-refractivity contribution in [2.45, 2.75) is 45.3 Å². The molecule has 148 valence electrons. The summed E-state index contributed by atoms with van der Waals surface area (Å²) in [7, 11) is 0. The smallest absolute Gasteiger partial charge is 0.207 e. The molecule has 28 heavy (non-hydrogen) atoms. The molecule has 1 aliphatic rings. The Balaban J connectivity index is 1.80. The molecule has 0 aromatic carbocycles. The van der Waals surface area contributed by atoms with Gasteiger partial charge in [-0.1, -0.05) is 44.0 Å². The highest BCUT2D eigenvalue weighted by atomic mass is 35.5. The summed E-state index contributed by atoms with van der Waals surface area (Å²) in [6.45, 7) is 7.66. The first-order chi connectivity index (χ1) is 13.2. The summed E-state index contributed by atoms with van der Waals surface area (Å²) < 4.78 is 0. The van der Waals surface area contributed by atoms with Gasteiger partial charge in [0.1, 0.15) is 12.4 Å². The van der Waals surface area contributed by atoms with Crippen LogP contribution in [0.3, 0.4) is 0 Å². The van der Waals surface area contributed by atoms with E-state index in [1.807, 2.05) is 4.90 Å². The van der Waals surface area contributed by atoms with Gasteiger partial charge in [-0.15, -0.1) is 10.2 Å². The number of aliphatic hydroxyl groups excluding tert-OH is 1. The minimum atomic E-state index is -0.368. The van der Waals surface area contributed by atoms with Gasteiger partial charge < -0.3 is 10.0 Å². The molecule has 4 heterocycles. The second kappa shape index (κ2) is 7.09. The quantitative estimate of drug-likeness (QED) is 0.694. The van der Waals surface area contributed by atoms with Crippen LogP contribution in [0, 0.1) is 0 Å². The predicted octanol–water partition coefficient (Wildman–Crippen LogP) is 2.84. The van der Waals surface area contributed by atoms with E-state index in [1.54, 1.807) is 12.3 Å². The van der Waals surface area contributed by atoms with Crippen LogP contribution in [0.2, 0.25) is 10.0 Å². The van der Waals surface area contributed by atoms with Gasteiger partial charge in [-0.05, 0) is 12.5 Å². The second-order valence-corrected chi connectivity index (χ2v) is 8.75. The Hall–Kier alpha value is -2.03. The molecule has 1 atom stereocenters. The summed E-state index contributed by atoms with van der Waals surface area (Å²) in [4.78, 5) is 17.2. The zero-order valence-electron chi connectivity index (χ0n) is 15.9. The highest BCUT2D eigenvalue weighted by molar-refractivity contribution is 6.42. The lowest BCUT2D eigenvalue weighted by molar-refractivity contribution is 0.198. The normalized spacial score (nSPS) is 17.6. The fourth-order valence-electron chi connectivity index (χ4n) is 3.10. The fourth-order valence-corrected chi connectivity index (χ4v) is 3.44. The molecule has 0 radical (unpaired) electrons. The Kier molecular flexibility index (Phi) is 4.89.